The van der Waals surface area contributed by atoms with Gasteiger partial charge in [-0.2, -0.15) is 0 Å². The van der Waals surface area contributed by atoms with E-state index in [0.717, 1.165) is 19.3 Å². The Kier molecular flexibility index (Phi) is 2.49. The highest BCUT2D eigenvalue weighted by molar-refractivity contribution is 5.66. The monoisotopic (exact) mass is 199 g/mol. The minimum atomic E-state index is -0.511. The fraction of sp³-hybridized carbons (Fsp3) is 0.900. The van der Waals surface area contributed by atoms with Crippen LogP contribution in [0, 0.1) is 0 Å². The predicted octanol–water partition coefficient (Wildman–Crippen LogP) is 0.146. The van der Waals surface area contributed by atoms with E-state index in [1.807, 2.05) is 7.05 Å². The van der Waals surface area contributed by atoms with Crippen molar-refractivity contribution in [3.63, 3.8) is 0 Å². The van der Waals surface area contributed by atoms with Crippen LogP contribution in [0.1, 0.15) is 26.2 Å². The molecule has 0 amide bonds. The molecular weight excluding hydrogens is 182 g/mol. The number of aliphatic hydroxyl groups excluding tert-OH is 1. The van der Waals surface area contributed by atoms with Gasteiger partial charge < -0.3 is 9.84 Å². The second kappa shape index (κ2) is 3.51. The summed E-state index contributed by atoms with van der Waals surface area (Å²) in [5.74, 6) is -0.294. The summed E-state index contributed by atoms with van der Waals surface area (Å²) in [5.41, 5.74) is 0. The fourth-order valence-corrected chi connectivity index (χ4v) is 2.72. The summed E-state index contributed by atoms with van der Waals surface area (Å²) in [5, 5.41) is 9.96. The Morgan fingerprint density at radius 1 is 1.50 bits per heavy atom. The molecular formula is C10H17NO3. The number of piperidine rings is 1. The van der Waals surface area contributed by atoms with Crippen LogP contribution in [-0.2, 0) is 9.53 Å². The molecule has 2 aliphatic rings. The molecule has 2 saturated heterocycles. The second-order valence-corrected chi connectivity index (χ2v) is 4.34. The van der Waals surface area contributed by atoms with Gasteiger partial charge in [-0.05, 0) is 19.9 Å². The average Bonchev–Trinajstić information content (AvgIpc) is 2.36. The average molecular weight is 199 g/mol. The summed E-state index contributed by atoms with van der Waals surface area (Å²) < 4.78 is 5.12. The van der Waals surface area contributed by atoms with Crippen molar-refractivity contribution >= 4 is 5.97 Å². The molecule has 0 aliphatic carbocycles. The Hall–Kier alpha value is -0.610. The van der Waals surface area contributed by atoms with Crippen LogP contribution in [0.25, 0.3) is 0 Å². The first-order valence-corrected chi connectivity index (χ1v) is 5.17. The zero-order valence-electron chi connectivity index (χ0n) is 8.64. The number of ether oxygens (including phenoxy) is 1. The molecule has 2 rings (SSSR count). The summed E-state index contributed by atoms with van der Waals surface area (Å²) >= 11 is 0. The lowest BCUT2D eigenvalue weighted by molar-refractivity contribution is -0.160. The maximum absolute atomic E-state index is 10.8. The van der Waals surface area contributed by atoms with E-state index in [0.29, 0.717) is 6.04 Å². The highest BCUT2D eigenvalue weighted by Gasteiger charge is 2.46. The summed E-state index contributed by atoms with van der Waals surface area (Å²) in [6.45, 7) is 1.40. The highest BCUT2D eigenvalue weighted by atomic mass is 16.6. The zero-order valence-corrected chi connectivity index (χ0v) is 8.64. The lowest BCUT2D eigenvalue weighted by atomic mass is 9.97. The molecule has 0 aromatic carbocycles. The molecule has 2 aliphatic heterocycles. The van der Waals surface area contributed by atoms with Gasteiger partial charge in [0.15, 0.2) is 0 Å². The van der Waals surface area contributed by atoms with Gasteiger partial charge in [0.2, 0.25) is 0 Å². The van der Waals surface area contributed by atoms with Crippen molar-refractivity contribution in [3.8, 4) is 0 Å². The molecule has 0 aromatic rings. The van der Waals surface area contributed by atoms with E-state index < -0.39 is 6.10 Å². The Balaban J connectivity index is 2.06. The number of esters is 1. The molecule has 0 spiro atoms. The maximum atomic E-state index is 10.8. The van der Waals surface area contributed by atoms with Crippen molar-refractivity contribution in [1.29, 1.82) is 0 Å². The van der Waals surface area contributed by atoms with Gasteiger partial charge in [0.25, 0.3) is 0 Å². The molecule has 14 heavy (non-hydrogen) atoms. The third-order valence-corrected chi connectivity index (χ3v) is 3.49. The number of hydrogen-bond donors (Lipinski definition) is 1. The maximum Gasteiger partial charge on any atom is 0.302 e. The Morgan fingerprint density at radius 3 is 2.86 bits per heavy atom. The molecule has 2 heterocycles. The quantitative estimate of drug-likeness (QED) is 0.610. The summed E-state index contributed by atoms with van der Waals surface area (Å²) in [4.78, 5) is 13.0. The molecule has 80 valence electrons. The highest BCUT2D eigenvalue weighted by Crippen LogP contribution is 2.35. The number of aliphatic hydroxyl groups is 1. The van der Waals surface area contributed by atoms with Crippen molar-refractivity contribution in [2.24, 2.45) is 0 Å². The smallest absolute Gasteiger partial charge is 0.302 e. The van der Waals surface area contributed by atoms with Crippen molar-refractivity contribution in [3.05, 3.63) is 0 Å². The van der Waals surface area contributed by atoms with Crippen molar-refractivity contribution < 1.29 is 14.6 Å². The van der Waals surface area contributed by atoms with E-state index in [9.17, 15) is 9.90 Å². The topological polar surface area (TPSA) is 49.8 Å². The number of carbonyl (C=O) groups excluding carboxylic acids is 1. The van der Waals surface area contributed by atoms with Crippen LogP contribution in [0.4, 0.5) is 0 Å². The number of hydrogen-bond acceptors (Lipinski definition) is 4. The number of fused-ring (bicyclic) bond motifs is 2. The van der Waals surface area contributed by atoms with Gasteiger partial charge in [0.1, 0.15) is 12.2 Å². The lowest BCUT2D eigenvalue weighted by Crippen LogP contribution is -2.53. The molecule has 0 unspecified atom stereocenters. The van der Waals surface area contributed by atoms with E-state index in [1.165, 1.54) is 6.92 Å². The lowest BCUT2D eigenvalue weighted by Gasteiger charge is -2.39. The minimum Gasteiger partial charge on any atom is -0.460 e. The SMILES string of the molecule is CC(=O)O[C@@H]1C[C@H]2CC[C@H]([C@H]1O)N2C. The van der Waals surface area contributed by atoms with E-state index in [-0.39, 0.29) is 18.1 Å². The first-order chi connectivity index (χ1) is 6.59. The zero-order chi connectivity index (χ0) is 10.3. The van der Waals surface area contributed by atoms with Gasteiger partial charge in [-0.25, -0.2) is 0 Å². The molecule has 2 fully saturated rings. The van der Waals surface area contributed by atoms with Crippen molar-refractivity contribution in [1.82, 2.24) is 4.90 Å². The van der Waals surface area contributed by atoms with Gasteiger partial charge in [0, 0.05) is 25.4 Å². The molecule has 0 saturated carbocycles. The molecule has 1 N–H and O–H groups in total. The van der Waals surface area contributed by atoms with Crippen LogP contribution < -0.4 is 0 Å². The van der Waals surface area contributed by atoms with Gasteiger partial charge in [-0.3, -0.25) is 9.69 Å². The van der Waals surface area contributed by atoms with E-state index in [1.54, 1.807) is 0 Å². The third-order valence-electron chi connectivity index (χ3n) is 3.49. The molecule has 0 aromatic heterocycles. The molecule has 2 bridgehead atoms. The molecule has 4 nitrogen and oxygen atoms in total. The molecule has 4 atom stereocenters. The van der Waals surface area contributed by atoms with Crippen LogP contribution in [0.5, 0.6) is 0 Å². The summed E-state index contributed by atoms with van der Waals surface area (Å²) in [6, 6.07) is 0.658. The van der Waals surface area contributed by atoms with Gasteiger partial charge in [0.05, 0.1) is 0 Å². The van der Waals surface area contributed by atoms with E-state index in [2.05, 4.69) is 4.90 Å². The largest absolute Gasteiger partial charge is 0.460 e. The number of likely N-dealkylation sites (N-methyl/N-ethyl adjacent to an activating group) is 1. The van der Waals surface area contributed by atoms with Gasteiger partial charge in [-0.1, -0.05) is 0 Å². The molecule has 4 heteroatoms. The Bertz CT molecular complexity index is 244. The fourth-order valence-electron chi connectivity index (χ4n) is 2.72. The van der Waals surface area contributed by atoms with Gasteiger partial charge >= 0.3 is 5.97 Å². The minimum absolute atomic E-state index is 0.179. The standard InChI is InChI=1S/C10H17NO3/c1-6(12)14-9-5-7-3-4-8(10(9)13)11(7)2/h7-10,13H,3-5H2,1-2H3/t7-,8-,9-,10-/m1/s1. The first-order valence-electron chi connectivity index (χ1n) is 5.17. The summed E-state index contributed by atoms with van der Waals surface area (Å²) in [6.07, 6.45) is 2.09. The Labute approximate surface area is 83.8 Å². The van der Waals surface area contributed by atoms with Crippen LogP contribution >= 0.6 is 0 Å². The van der Waals surface area contributed by atoms with Crippen LogP contribution in [0.15, 0.2) is 0 Å². The van der Waals surface area contributed by atoms with E-state index in [4.69, 9.17) is 4.74 Å². The third kappa shape index (κ3) is 1.53. The number of carbonyl (C=O) groups is 1. The van der Waals surface area contributed by atoms with Crippen LogP contribution in [-0.4, -0.2) is 47.3 Å². The number of nitrogens with zero attached hydrogens (tertiary/aromatic N) is 1. The van der Waals surface area contributed by atoms with Crippen molar-refractivity contribution in [2.75, 3.05) is 7.05 Å². The molecule has 0 radical (unpaired) electrons. The normalized spacial score (nSPS) is 42.5. The number of rotatable bonds is 1. The van der Waals surface area contributed by atoms with Gasteiger partial charge in [-0.15, -0.1) is 0 Å². The second-order valence-electron chi connectivity index (χ2n) is 4.34. The van der Waals surface area contributed by atoms with Crippen LogP contribution in [0.2, 0.25) is 0 Å². The summed E-state index contributed by atoms with van der Waals surface area (Å²) in [7, 11) is 2.04. The van der Waals surface area contributed by atoms with Crippen LogP contribution in [0.3, 0.4) is 0 Å². The Morgan fingerprint density at radius 2 is 2.21 bits per heavy atom. The first kappa shape index (κ1) is 9.93. The predicted molar refractivity (Wildman–Crippen MR) is 50.8 cm³/mol. The van der Waals surface area contributed by atoms with Crippen molar-refractivity contribution in [2.45, 2.75) is 50.5 Å². The van der Waals surface area contributed by atoms with E-state index >= 15 is 0 Å².